The molecule has 102 valence electrons. The van der Waals surface area contributed by atoms with Crippen LogP contribution in [-0.4, -0.2) is 21.5 Å². The third kappa shape index (κ3) is 2.60. The first kappa shape index (κ1) is 13.9. The van der Waals surface area contributed by atoms with Crippen molar-refractivity contribution in [2.45, 2.75) is 20.0 Å². The number of ether oxygens (including phenoxy) is 1. The quantitative estimate of drug-likeness (QED) is 0.937. The standard InChI is InChI=1S/C14H17ClN2O2/c1-4-19-11-8-6-5-7-10(11)13(18)12-9(2)16-17(3)14(12)15/h5-8,13,18H,4H2,1-3H3. The van der Waals surface area contributed by atoms with Gasteiger partial charge in [0.1, 0.15) is 17.0 Å². The first-order valence-electron chi connectivity index (χ1n) is 6.15. The van der Waals surface area contributed by atoms with E-state index in [0.29, 0.717) is 34.3 Å². The SMILES string of the molecule is CCOc1ccccc1C(O)c1c(C)nn(C)c1Cl. The number of halogens is 1. The van der Waals surface area contributed by atoms with Gasteiger partial charge in [0.15, 0.2) is 0 Å². The summed E-state index contributed by atoms with van der Waals surface area (Å²) in [5, 5.41) is 15.2. The lowest BCUT2D eigenvalue weighted by molar-refractivity contribution is 0.211. The van der Waals surface area contributed by atoms with E-state index in [1.165, 1.54) is 0 Å². The monoisotopic (exact) mass is 280 g/mol. The molecule has 5 heteroatoms. The molecule has 2 rings (SSSR count). The first-order chi connectivity index (χ1) is 9.06. The number of para-hydroxylation sites is 1. The summed E-state index contributed by atoms with van der Waals surface area (Å²) in [6.45, 7) is 4.28. The molecule has 2 aromatic rings. The van der Waals surface area contributed by atoms with Gasteiger partial charge in [-0.2, -0.15) is 5.10 Å². The Morgan fingerprint density at radius 1 is 1.42 bits per heavy atom. The van der Waals surface area contributed by atoms with E-state index in [-0.39, 0.29) is 0 Å². The lowest BCUT2D eigenvalue weighted by Gasteiger charge is -2.15. The largest absolute Gasteiger partial charge is 0.493 e. The summed E-state index contributed by atoms with van der Waals surface area (Å²) in [5.74, 6) is 0.664. The van der Waals surface area contributed by atoms with Crippen molar-refractivity contribution in [2.75, 3.05) is 6.61 Å². The lowest BCUT2D eigenvalue weighted by atomic mass is 10.0. The molecule has 0 aliphatic rings. The molecular weight excluding hydrogens is 264 g/mol. The Balaban J connectivity index is 2.47. The van der Waals surface area contributed by atoms with Gasteiger partial charge in [0.05, 0.1) is 12.3 Å². The van der Waals surface area contributed by atoms with Gasteiger partial charge in [0.2, 0.25) is 0 Å². The van der Waals surface area contributed by atoms with Gasteiger partial charge in [-0.3, -0.25) is 4.68 Å². The summed E-state index contributed by atoms with van der Waals surface area (Å²) in [6.07, 6.45) is -0.844. The van der Waals surface area contributed by atoms with Crippen LogP contribution in [0.1, 0.15) is 29.8 Å². The smallest absolute Gasteiger partial charge is 0.133 e. The van der Waals surface area contributed by atoms with E-state index in [9.17, 15) is 5.11 Å². The van der Waals surface area contributed by atoms with Crippen molar-refractivity contribution in [3.05, 3.63) is 46.2 Å². The van der Waals surface area contributed by atoms with E-state index in [4.69, 9.17) is 16.3 Å². The van der Waals surface area contributed by atoms with E-state index < -0.39 is 6.10 Å². The van der Waals surface area contributed by atoms with Crippen LogP contribution in [0.15, 0.2) is 24.3 Å². The summed E-state index contributed by atoms with van der Waals surface area (Å²) in [4.78, 5) is 0. The maximum atomic E-state index is 10.6. The van der Waals surface area contributed by atoms with Crippen molar-refractivity contribution >= 4 is 11.6 Å². The summed E-state index contributed by atoms with van der Waals surface area (Å²) < 4.78 is 7.09. The third-order valence-electron chi connectivity index (χ3n) is 2.98. The second kappa shape index (κ2) is 5.63. The van der Waals surface area contributed by atoms with E-state index in [2.05, 4.69) is 5.10 Å². The Kier molecular flexibility index (Phi) is 4.12. The zero-order valence-electron chi connectivity index (χ0n) is 11.2. The summed E-state index contributed by atoms with van der Waals surface area (Å²) in [7, 11) is 1.75. The van der Waals surface area contributed by atoms with Crippen molar-refractivity contribution < 1.29 is 9.84 Å². The molecule has 1 aromatic heterocycles. The number of rotatable bonds is 4. The molecule has 0 radical (unpaired) electrons. The molecule has 0 saturated heterocycles. The highest BCUT2D eigenvalue weighted by molar-refractivity contribution is 6.30. The predicted molar refractivity (Wildman–Crippen MR) is 74.6 cm³/mol. The number of nitrogens with zero attached hydrogens (tertiary/aromatic N) is 2. The van der Waals surface area contributed by atoms with Gasteiger partial charge in [-0.15, -0.1) is 0 Å². The maximum Gasteiger partial charge on any atom is 0.133 e. The lowest BCUT2D eigenvalue weighted by Crippen LogP contribution is -2.05. The van der Waals surface area contributed by atoms with E-state index in [1.54, 1.807) is 11.7 Å². The minimum Gasteiger partial charge on any atom is -0.493 e. The highest BCUT2D eigenvalue weighted by Crippen LogP contribution is 2.34. The van der Waals surface area contributed by atoms with Gasteiger partial charge < -0.3 is 9.84 Å². The highest BCUT2D eigenvalue weighted by atomic mass is 35.5. The number of aromatic nitrogens is 2. The van der Waals surface area contributed by atoms with Gasteiger partial charge in [0, 0.05) is 18.2 Å². The fourth-order valence-electron chi connectivity index (χ4n) is 2.11. The van der Waals surface area contributed by atoms with Crippen molar-refractivity contribution in [3.8, 4) is 5.75 Å². The average molecular weight is 281 g/mol. The molecule has 0 fully saturated rings. The number of hydrogen-bond donors (Lipinski definition) is 1. The second-order valence-electron chi connectivity index (χ2n) is 4.29. The fourth-order valence-corrected chi connectivity index (χ4v) is 2.38. The molecule has 1 N–H and O–H groups in total. The van der Waals surface area contributed by atoms with Gasteiger partial charge in [-0.05, 0) is 19.9 Å². The molecule has 0 saturated carbocycles. The Bertz CT molecular complexity index is 581. The van der Waals surface area contributed by atoms with Crippen LogP contribution in [0.3, 0.4) is 0 Å². The van der Waals surface area contributed by atoms with Crippen LogP contribution in [0.25, 0.3) is 0 Å². The predicted octanol–water partition coefficient (Wildman–Crippen LogP) is 2.86. The van der Waals surface area contributed by atoms with Crippen LogP contribution >= 0.6 is 11.6 Å². The fraction of sp³-hybridized carbons (Fsp3) is 0.357. The van der Waals surface area contributed by atoms with Crippen LogP contribution in [-0.2, 0) is 7.05 Å². The Labute approximate surface area is 117 Å². The molecule has 0 aliphatic carbocycles. The van der Waals surface area contributed by atoms with Gasteiger partial charge >= 0.3 is 0 Å². The van der Waals surface area contributed by atoms with E-state index in [0.717, 1.165) is 0 Å². The van der Waals surface area contributed by atoms with Crippen LogP contribution in [0.5, 0.6) is 5.75 Å². The summed E-state index contributed by atoms with van der Waals surface area (Å²) >= 11 is 6.19. The maximum absolute atomic E-state index is 10.6. The normalized spacial score (nSPS) is 12.5. The van der Waals surface area contributed by atoms with Crippen molar-refractivity contribution in [1.82, 2.24) is 9.78 Å². The number of aliphatic hydroxyl groups excluding tert-OH is 1. The average Bonchev–Trinajstić information content (AvgIpc) is 2.64. The van der Waals surface area contributed by atoms with Crippen molar-refractivity contribution in [2.24, 2.45) is 7.05 Å². The van der Waals surface area contributed by atoms with Crippen LogP contribution in [0.4, 0.5) is 0 Å². The summed E-state index contributed by atoms with van der Waals surface area (Å²) in [5.41, 5.74) is 2.03. The second-order valence-corrected chi connectivity index (χ2v) is 4.64. The summed E-state index contributed by atoms with van der Waals surface area (Å²) in [6, 6.07) is 7.40. The molecule has 0 aliphatic heterocycles. The zero-order chi connectivity index (χ0) is 14.0. The van der Waals surface area contributed by atoms with Crippen LogP contribution < -0.4 is 4.74 Å². The van der Waals surface area contributed by atoms with Crippen LogP contribution in [0, 0.1) is 6.92 Å². The number of benzene rings is 1. The minimum absolute atomic E-state index is 0.441. The Morgan fingerprint density at radius 2 is 2.11 bits per heavy atom. The molecule has 19 heavy (non-hydrogen) atoms. The highest BCUT2D eigenvalue weighted by Gasteiger charge is 2.23. The number of aryl methyl sites for hydroxylation is 2. The topological polar surface area (TPSA) is 47.3 Å². The Morgan fingerprint density at radius 3 is 2.68 bits per heavy atom. The molecule has 0 spiro atoms. The van der Waals surface area contributed by atoms with Gasteiger partial charge in [-0.25, -0.2) is 0 Å². The molecule has 0 amide bonds. The number of hydrogen-bond acceptors (Lipinski definition) is 3. The number of aliphatic hydroxyl groups is 1. The van der Waals surface area contributed by atoms with Crippen molar-refractivity contribution in [3.63, 3.8) is 0 Å². The minimum atomic E-state index is -0.844. The van der Waals surface area contributed by atoms with E-state index in [1.807, 2.05) is 38.1 Å². The van der Waals surface area contributed by atoms with Gasteiger partial charge in [0.25, 0.3) is 0 Å². The zero-order valence-corrected chi connectivity index (χ0v) is 12.0. The van der Waals surface area contributed by atoms with Gasteiger partial charge in [-0.1, -0.05) is 29.8 Å². The van der Waals surface area contributed by atoms with Crippen molar-refractivity contribution in [1.29, 1.82) is 0 Å². The molecule has 4 nitrogen and oxygen atoms in total. The van der Waals surface area contributed by atoms with E-state index >= 15 is 0 Å². The first-order valence-corrected chi connectivity index (χ1v) is 6.52. The molecule has 1 aromatic carbocycles. The molecule has 1 unspecified atom stereocenters. The van der Waals surface area contributed by atoms with Crippen LogP contribution in [0.2, 0.25) is 5.15 Å². The third-order valence-corrected chi connectivity index (χ3v) is 3.43. The Hall–Kier alpha value is -1.52. The molecule has 0 bridgehead atoms. The molecule has 1 atom stereocenters. The molecule has 1 heterocycles. The molecular formula is C14H17ClN2O2.